The Hall–Kier alpha value is -3.14. The predicted octanol–water partition coefficient (Wildman–Crippen LogP) is 4.23. The van der Waals surface area contributed by atoms with Crippen molar-refractivity contribution >= 4 is 11.6 Å². The first-order valence-electron chi connectivity index (χ1n) is 8.25. The molecule has 1 N–H and O–H groups in total. The number of carbonyl (C=O) groups excluding carboxylic acids is 1. The Morgan fingerprint density at radius 1 is 0.920 bits per heavy atom. The number of pyridine rings is 1. The third-order valence-corrected chi connectivity index (χ3v) is 3.75. The van der Waals surface area contributed by atoms with Crippen LogP contribution in [0.1, 0.15) is 17.5 Å². The zero-order valence-electron chi connectivity index (χ0n) is 13.9. The minimum Gasteiger partial charge on any atom is -0.489 e. The minimum absolute atomic E-state index is 0.0122. The van der Waals surface area contributed by atoms with Crippen LogP contribution in [0.2, 0.25) is 0 Å². The SMILES string of the molecule is O=C(CCc1cccnc1)Nc1ccc(OCc2ccccc2)cc1. The van der Waals surface area contributed by atoms with E-state index >= 15 is 0 Å². The molecule has 0 fully saturated rings. The van der Waals surface area contributed by atoms with E-state index in [4.69, 9.17) is 4.74 Å². The lowest BCUT2D eigenvalue weighted by atomic mass is 10.1. The Bertz CT molecular complexity index is 787. The molecule has 1 amide bonds. The van der Waals surface area contributed by atoms with Crippen molar-refractivity contribution in [3.05, 3.63) is 90.3 Å². The molecule has 0 radical (unpaired) electrons. The fourth-order valence-corrected chi connectivity index (χ4v) is 2.40. The summed E-state index contributed by atoms with van der Waals surface area (Å²) in [5.74, 6) is 0.763. The number of amides is 1. The van der Waals surface area contributed by atoms with Crippen molar-refractivity contribution in [2.75, 3.05) is 5.32 Å². The number of carbonyl (C=O) groups is 1. The average molecular weight is 332 g/mol. The highest BCUT2D eigenvalue weighted by Crippen LogP contribution is 2.17. The molecule has 1 heterocycles. The van der Waals surface area contributed by atoms with E-state index in [9.17, 15) is 4.79 Å². The first kappa shape index (κ1) is 16.7. The van der Waals surface area contributed by atoms with Crippen LogP contribution in [0.15, 0.2) is 79.1 Å². The summed E-state index contributed by atoms with van der Waals surface area (Å²) in [5.41, 5.74) is 2.95. The van der Waals surface area contributed by atoms with Crippen LogP contribution in [-0.4, -0.2) is 10.9 Å². The van der Waals surface area contributed by atoms with Crippen molar-refractivity contribution < 1.29 is 9.53 Å². The number of hydrogen-bond acceptors (Lipinski definition) is 3. The number of anilines is 1. The molecule has 0 saturated heterocycles. The second-order valence-corrected chi connectivity index (χ2v) is 5.71. The van der Waals surface area contributed by atoms with Crippen LogP contribution >= 0.6 is 0 Å². The molecule has 25 heavy (non-hydrogen) atoms. The van der Waals surface area contributed by atoms with E-state index in [-0.39, 0.29) is 5.91 Å². The maximum atomic E-state index is 12.0. The fourth-order valence-electron chi connectivity index (χ4n) is 2.40. The number of rotatable bonds is 7. The lowest BCUT2D eigenvalue weighted by Crippen LogP contribution is -2.12. The van der Waals surface area contributed by atoms with Crippen LogP contribution in [0.5, 0.6) is 5.75 Å². The molecule has 0 spiro atoms. The molecule has 0 saturated carbocycles. The number of ether oxygens (including phenoxy) is 1. The Morgan fingerprint density at radius 2 is 1.68 bits per heavy atom. The topological polar surface area (TPSA) is 51.2 Å². The predicted molar refractivity (Wildman–Crippen MR) is 98.4 cm³/mol. The fraction of sp³-hybridized carbons (Fsp3) is 0.143. The molecule has 4 heteroatoms. The van der Waals surface area contributed by atoms with E-state index in [0.29, 0.717) is 19.4 Å². The maximum Gasteiger partial charge on any atom is 0.224 e. The molecular weight excluding hydrogens is 312 g/mol. The van der Waals surface area contributed by atoms with Gasteiger partial charge >= 0.3 is 0 Å². The quantitative estimate of drug-likeness (QED) is 0.704. The van der Waals surface area contributed by atoms with Gasteiger partial charge in [-0.05, 0) is 47.9 Å². The summed E-state index contributed by atoms with van der Waals surface area (Å²) in [6, 6.07) is 21.3. The molecule has 126 valence electrons. The molecule has 1 aromatic heterocycles. The van der Waals surface area contributed by atoms with E-state index in [1.54, 1.807) is 12.4 Å². The van der Waals surface area contributed by atoms with Crippen molar-refractivity contribution in [2.45, 2.75) is 19.4 Å². The number of benzene rings is 2. The standard InChI is InChI=1S/C21H20N2O2/c24-21(13-8-17-7-4-14-22-15-17)23-19-9-11-20(12-10-19)25-16-18-5-2-1-3-6-18/h1-7,9-12,14-15H,8,13,16H2,(H,23,24). The highest BCUT2D eigenvalue weighted by molar-refractivity contribution is 5.90. The number of nitrogens with one attached hydrogen (secondary N) is 1. The molecule has 0 aliphatic heterocycles. The molecule has 3 rings (SSSR count). The van der Waals surface area contributed by atoms with Crippen molar-refractivity contribution in [3.63, 3.8) is 0 Å². The second kappa shape index (κ2) is 8.64. The highest BCUT2D eigenvalue weighted by atomic mass is 16.5. The van der Waals surface area contributed by atoms with Crippen molar-refractivity contribution in [1.82, 2.24) is 4.98 Å². The van der Waals surface area contributed by atoms with Gasteiger partial charge in [0, 0.05) is 24.5 Å². The van der Waals surface area contributed by atoms with E-state index in [0.717, 1.165) is 22.6 Å². The molecule has 2 aromatic carbocycles. The van der Waals surface area contributed by atoms with Gasteiger partial charge in [0.15, 0.2) is 0 Å². The first-order chi connectivity index (χ1) is 12.3. The van der Waals surface area contributed by atoms with E-state index in [2.05, 4.69) is 10.3 Å². The van der Waals surface area contributed by atoms with Crippen molar-refractivity contribution in [3.8, 4) is 5.75 Å². The Labute approximate surface area is 147 Å². The summed E-state index contributed by atoms with van der Waals surface area (Å²) in [6.45, 7) is 0.525. The number of aromatic nitrogens is 1. The summed E-state index contributed by atoms with van der Waals surface area (Å²) in [6.07, 6.45) is 4.62. The second-order valence-electron chi connectivity index (χ2n) is 5.71. The van der Waals surface area contributed by atoms with Crippen LogP contribution in [-0.2, 0) is 17.8 Å². The van der Waals surface area contributed by atoms with Gasteiger partial charge in [0.05, 0.1) is 0 Å². The van der Waals surface area contributed by atoms with Gasteiger partial charge in [-0.1, -0.05) is 36.4 Å². The van der Waals surface area contributed by atoms with Crippen LogP contribution in [0, 0.1) is 0 Å². The normalized spacial score (nSPS) is 10.2. The van der Waals surface area contributed by atoms with Crippen molar-refractivity contribution in [2.24, 2.45) is 0 Å². The summed E-state index contributed by atoms with van der Waals surface area (Å²) in [4.78, 5) is 16.1. The summed E-state index contributed by atoms with van der Waals surface area (Å²) in [5, 5.41) is 2.90. The van der Waals surface area contributed by atoms with Gasteiger partial charge in [-0.25, -0.2) is 0 Å². The smallest absolute Gasteiger partial charge is 0.224 e. The van der Waals surface area contributed by atoms with Gasteiger partial charge in [0.2, 0.25) is 5.91 Å². The van der Waals surface area contributed by atoms with Crippen LogP contribution in [0.3, 0.4) is 0 Å². The lowest BCUT2D eigenvalue weighted by Gasteiger charge is -2.08. The van der Waals surface area contributed by atoms with Gasteiger partial charge < -0.3 is 10.1 Å². The third-order valence-electron chi connectivity index (χ3n) is 3.75. The van der Waals surface area contributed by atoms with E-state index in [1.807, 2.05) is 66.7 Å². The summed E-state index contributed by atoms with van der Waals surface area (Å²) in [7, 11) is 0. The minimum atomic E-state index is -0.0122. The number of hydrogen-bond donors (Lipinski definition) is 1. The molecule has 0 aliphatic carbocycles. The van der Waals surface area contributed by atoms with E-state index < -0.39 is 0 Å². The maximum absolute atomic E-state index is 12.0. The molecule has 0 atom stereocenters. The molecule has 0 unspecified atom stereocenters. The molecule has 3 aromatic rings. The van der Waals surface area contributed by atoms with Gasteiger partial charge in [-0.2, -0.15) is 0 Å². The average Bonchev–Trinajstić information content (AvgIpc) is 2.67. The van der Waals surface area contributed by atoms with Crippen LogP contribution < -0.4 is 10.1 Å². The van der Waals surface area contributed by atoms with Gasteiger partial charge in [0.25, 0.3) is 0 Å². The van der Waals surface area contributed by atoms with E-state index in [1.165, 1.54) is 0 Å². The van der Waals surface area contributed by atoms with Gasteiger partial charge in [-0.3, -0.25) is 9.78 Å². The first-order valence-corrected chi connectivity index (χ1v) is 8.25. The molecule has 0 bridgehead atoms. The highest BCUT2D eigenvalue weighted by Gasteiger charge is 2.04. The number of aryl methyl sites for hydroxylation is 1. The third kappa shape index (κ3) is 5.46. The van der Waals surface area contributed by atoms with Crippen molar-refractivity contribution in [1.29, 1.82) is 0 Å². The Morgan fingerprint density at radius 3 is 2.40 bits per heavy atom. The number of nitrogens with zero attached hydrogens (tertiary/aromatic N) is 1. The van der Waals surface area contributed by atoms with Gasteiger partial charge in [0.1, 0.15) is 12.4 Å². The molecule has 4 nitrogen and oxygen atoms in total. The Kier molecular flexibility index (Phi) is 5.77. The van der Waals surface area contributed by atoms with Crippen LogP contribution in [0.4, 0.5) is 5.69 Å². The van der Waals surface area contributed by atoms with Crippen LogP contribution in [0.25, 0.3) is 0 Å². The summed E-state index contributed by atoms with van der Waals surface area (Å²) < 4.78 is 5.74. The zero-order chi connectivity index (χ0) is 17.3. The molecule has 0 aliphatic rings. The molecular formula is C21H20N2O2. The van der Waals surface area contributed by atoms with Gasteiger partial charge in [-0.15, -0.1) is 0 Å². The summed E-state index contributed by atoms with van der Waals surface area (Å²) >= 11 is 0. The largest absolute Gasteiger partial charge is 0.489 e. The lowest BCUT2D eigenvalue weighted by molar-refractivity contribution is -0.116. The zero-order valence-corrected chi connectivity index (χ0v) is 13.9. The monoisotopic (exact) mass is 332 g/mol. The Balaban J connectivity index is 1.46.